The van der Waals surface area contributed by atoms with E-state index < -0.39 is 0 Å². The summed E-state index contributed by atoms with van der Waals surface area (Å²) >= 11 is 9.36. The second kappa shape index (κ2) is 10.3. The van der Waals surface area contributed by atoms with Crippen molar-refractivity contribution in [1.29, 1.82) is 0 Å². The smallest absolute Gasteiger partial charge is 0.262 e. The van der Waals surface area contributed by atoms with Gasteiger partial charge in [0.1, 0.15) is 18.1 Å². The van der Waals surface area contributed by atoms with Crippen molar-refractivity contribution in [1.82, 2.24) is 0 Å². The molecule has 1 amide bonds. The largest absolute Gasteiger partial charge is 0.491 e. The topological polar surface area (TPSA) is 56.8 Å². The summed E-state index contributed by atoms with van der Waals surface area (Å²) in [5.41, 5.74) is 0.660. The van der Waals surface area contributed by atoms with Gasteiger partial charge >= 0.3 is 0 Å². The van der Waals surface area contributed by atoms with E-state index in [9.17, 15) is 4.79 Å². The third-order valence-corrected chi connectivity index (χ3v) is 3.88. The summed E-state index contributed by atoms with van der Waals surface area (Å²) in [6, 6.07) is 12.3. The van der Waals surface area contributed by atoms with Crippen LogP contribution in [0.3, 0.4) is 0 Å². The van der Waals surface area contributed by atoms with E-state index in [2.05, 4.69) is 21.2 Å². The van der Waals surface area contributed by atoms with Crippen molar-refractivity contribution in [2.24, 2.45) is 0 Å². The predicted molar refractivity (Wildman–Crippen MR) is 102 cm³/mol. The number of halogens is 2. The summed E-state index contributed by atoms with van der Waals surface area (Å²) in [6.07, 6.45) is 0. The van der Waals surface area contributed by atoms with Gasteiger partial charge in [-0.05, 0) is 49.4 Å². The Morgan fingerprint density at radius 2 is 1.88 bits per heavy atom. The molecular formula is C18H19BrClNO4. The number of anilines is 1. The molecule has 0 atom stereocenters. The Hall–Kier alpha value is -1.76. The summed E-state index contributed by atoms with van der Waals surface area (Å²) in [4.78, 5) is 12.0. The summed E-state index contributed by atoms with van der Waals surface area (Å²) in [6.45, 7) is 3.51. The molecular weight excluding hydrogens is 410 g/mol. The van der Waals surface area contributed by atoms with Crippen LogP contribution in [0.4, 0.5) is 5.69 Å². The van der Waals surface area contributed by atoms with Crippen LogP contribution in [0.15, 0.2) is 46.9 Å². The number of carbonyl (C=O) groups excluding carboxylic acids is 1. The lowest BCUT2D eigenvalue weighted by molar-refractivity contribution is -0.118. The molecule has 7 heteroatoms. The van der Waals surface area contributed by atoms with Crippen LogP contribution in [0.5, 0.6) is 11.5 Å². The van der Waals surface area contributed by atoms with Crippen LogP contribution in [-0.4, -0.2) is 32.3 Å². The number of hydrogen-bond acceptors (Lipinski definition) is 4. The maximum atomic E-state index is 12.0. The molecule has 0 bridgehead atoms. The Labute approximate surface area is 160 Å². The highest BCUT2D eigenvalue weighted by Gasteiger charge is 2.07. The predicted octanol–water partition coefficient (Wildman–Crippen LogP) is 4.54. The minimum atomic E-state index is -0.274. The van der Waals surface area contributed by atoms with Gasteiger partial charge in [-0.25, -0.2) is 0 Å². The summed E-state index contributed by atoms with van der Waals surface area (Å²) in [7, 11) is 0. The highest BCUT2D eigenvalue weighted by atomic mass is 79.9. The van der Waals surface area contributed by atoms with Crippen LogP contribution < -0.4 is 14.8 Å². The molecule has 0 saturated carbocycles. The average Bonchev–Trinajstić information content (AvgIpc) is 2.59. The van der Waals surface area contributed by atoms with Gasteiger partial charge in [-0.15, -0.1) is 0 Å². The molecule has 0 heterocycles. The number of benzene rings is 2. The molecule has 2 aromatic carbocycles. The highest BCUT2D eigenvalue weighted by Crippen LogP contribution is 2.27. The van der Waals surface area contributed by atoms with Gasteiger partial charge in [0.05, 0.1) is 11.6 Å². The van der Waals surface area contributed by atoms with Crippen LogP contribution in [-0.2, 0) is 9.53 Å². The van der Waals surface area contributed by atoms with E-state index in [1.807, 2.05) is 6.92 Å². The summed E-state index contributed by atoms with van der Waals surface area (Å²) in [5.74, 6) is 0.901. The Morgan fingerprint density at radius 1 is 1.12 bits per heavy atom. The fourth-order valence-electron chi connectivity index (χ4n) is 1.93. The van der Waals surface area contributed by atoms with Crippen LogP contribution in [0, 0.1) is 0 Å². The summed E-state index contributed by atoms with van der Waals surface area (Å²) < 4.78 is 17.0. The van der Waals surface area contributed by atoms with Gasteiger partial charge in [0, 0.05) is 16.8 Å². The minimum absolute atomic E-state index is 0.131. The van der Waals surface area contributed by atoms with Gasteiger partial charge in [-0.2, -0.15) is 0 Å². The molecule has 0 fully saturated rings. The molecule has 5 nitrogen and oxygen atoms in total. The fourth-order valence-corrected chi connectivity index (χ4v) is 2.66. The number of nitrogens with one attached hydrogen (secondary N) is 1. The maximum absolute atomic E-state index is 12.0. The molecule has 0 aromatic heterocycles. The SMILES string of the molecule is CCOCCOc1ccc(NC(=O)COc2ccc(Br)cc2Cl)cc1. The quantitative estimate of drug-likeness (QED) is 0.596. The van der Waals surface area contributed by atoms with Gasteiger partial charge in [0.25, 0.3) is 5.91 Å². The third kappa shape index (κ3) is 6.94. The van der Waals surface area contributed by atoms with Crippen molar-refractivity contribution in [2.45, 2.75) is 6.92 Å². The van der Waals surface area contributed by atoms with Gasteiger partial charge in [0.15, 0.2) is 6.61 Å². The monoisotopic (exact) mass is 427 g/mol. The standard InChI is InChI=1S/C18H19BrClNO4/c1-2-23-9-10-24-15-6-4-14(5-7-15)21-18(22)12-25-17-8-3-13(19)11-16(17)20/h3-8,11H,2,9-10,12H2,1H3,(H,21,22). The van der Waals surface area contributed by atoms with Gasteiger partial charge < -0.3 is 19.5 Å². The number of amides is 1. The molecule has 0 aliphatic carbocycles. The van der Waals surface area contributed by atoms with Gasteiger partial charge in [0.2, 0.25) is 0 Å². The summed E-state index contributed by atoms with van der Waals surface area (Å²) in [5, 5.41) is 3.19. The van der Waals surface area contributed by atoms with Crippen molar-refractivity contribution in [3.63, 3.8) is 0 Å². The highest BCUT2D eigenvalue weighted by molar-refractivity contribution is 9.10. The Bertz CT molecular complexity index is 694. The zero-order chi connectivity index (χ0) is 18.1. The van der Waals surface area contributed by atoms with Crippen molar-refractivity contribution < 1.29 is 19.0 Å². The van der Waals surface area contributed by atoms with E-state index in [-0.39, 0.29) is 12.5 Å². The fraction of sp³-hybridized carbons (Fsp3) is 0.278. The van der Waals surface area contributed by atoms with Crippen molar-refractivity contribution in [3.8, 4) is 11.5 Å². The zero-order valence-corrected chi connectivity index (χ0v) is 16.1. The first kappa shape index (κ1) is 19.6. The van der Waals surface area contributed by atoms with Crippen LogP contribution in [0.1, 0.15) is 6.92 Å². The lowest BCUT2D eigenvalue weighted by Gasteiger charge is -2.10. The molecule has 134 valence electrons. The number of hydrogen-bond donors (Lipinski definition) is 1. The van der Waals surface area contributed by atoms with Crippen LogP contribution in [0.25, 0.3) is 0 Å². The molecule has 0 aliphatic rings. The number of carbonyl (C=O) groups is 1. The second-order valence-electron chi connectivity index (χ2n) is 4.98. The van der Waals surface area contributed by atoms with E-state index in [4.69, 9.17) is 25.8 Å². The molecule has 1 N–H and O–H groups in total. The lowest BCUT2D eigenvalue weighted by atomic mass is 10.3. The Balaban J connectivity index is 1.78. The van der Waals surface area contributed by atoms with Crippen molar-refractivity contribution >= 4 is 39.1 Å². The third-order valence-electron chi connectivity index (χ3n) is 3.09. The minimum Gasteiger partial charge on any atom is -0.491 e. The first-order valence-electron chi connectivity index (χ1n) is 7.77. The van der Waals surface area contributed by atoms with E-state index in [0.717, 1.165) is 10.2 Å². The van der Waals surface area contributed by atoms with E-state index in [1.165, 1.54) is 0 Å². The molecule has 0 radical (unpaired) electrons. The first-order chi connectivity index (χ1) is 12.1. The molecule has 2 aromatic rings. The molecule has 0 saturated heterocycles. The van der Waals surface area contributed by atoms with E-state index in [0.29, 0.717) is 36.3 Å². The molecule has 0 aliphatic heterocycles. The van der Waals surface area contributed by atoms with E-state index >= 15 is 0 Å². The normalized spacial score (nSPS) is 10.4. The zero-order valence-electron chi connectivity index (χ0n) is 13.8. The van der Waals surface area contributed by atoms with Gasteiger partial charge in [-0.1, -0.05) is 27.5 Å². The van der Waals surface area contributed by atoms with Crippen molar-refractivity contribution in [3.05, 3.63) is 52.0 Å². The van der Waals surface area contributed by atoms with Crippen LogP contribution >= 0.6 is 27.5 Å². The van der Waals surface area contributed by atoms with E-state index in [1.54, 1.807) is 42.5 Å². The Morgan fingerprint density at radius 3 is 2.56 bits per heavy atom. The molecule has 25 heavy (non-hydrogen) atoms. The first-order valence-corrected chi connectivity index (χ1v) is 8.94. The van der Waals surface area contributed by atoms with Crippen molar-refractivity contribution in [2.75, 3.05) is 31.7 Å². The second-order valence-corrected chi connectivity index (χ2v) is 6.30. The van der Waals surface area contributed by atoms with Crippen LogP contribution in [0.2, 0.25) is 5.02 Å². The molecule has 2 rings (SSSR count). The average molecular weight is 429 g/mol. The van der Waals surface area contributed by atoms with Gasteiger partial charge in [-0.3, -0.25) is 4.79 Å². The number of rotatable bonds is 9. The lowest BCUT2D eigenvalue weighted by Crippen LogP contribution is -2.20. The Kier molecular flexibility index (Phi) is 8.04. The molecule has 0 spiro atoms. The maximum Gasteiger partial charge on any atom is 0.262 e. The molecule has 0 unspecified atom stereocenters. The number of ether oxygens (including phenoxy) is 3.